The molecule has 0 spiro atoms. The fourth-order valence-electron chi connectivity index (χ4n) is 3.55. The first kappa shape index (κ1) is 19.4. The lowest BCUT2D eigenvalue weighted by Gasteiger charge is -2.26. The number of hydrogen-bond acceptors (Lipinski definition) is 6. The number of likely N-dealkylation sites (tertiary alicyclic amines) is 1. The quantitative estimate of drug-likeness (QED) is 0.549. The molecular weight excluding hydrogens is 346 g/mol. The van der Waals surface area contributed by atoms with Crippen LogP contribution >= 0.6 is 0 Å². The SMILES string of the molecule is CCOC(=O)COc1ccc2c(C)c(CCN3CCCCC3)c(=O)oc2c1. The van der Waals surface area contributed by atoms with Gasteiger partial charge in [-0.1, -0.05) is 6.42 Å². The lowest BCUT2D eigenvalue weighted by atomic mass is 10.0. The first-order chi connectivity index (χ1) is 13.1. The molecule has 2 heterocycles. The van der Waals surface area contributed by atoms with E-state index in [1.54, 1.807) is 19.1 Å². The van der Waals surface area contributed by atoms with Crippen molar-refractivity contribution in [1.82, 2.24) is 4.90 Å². The number of esters is 1. The summed E-state index contributed by atoms with van der Waals surface area (Å²) in [7, 11) is 0. The van der Waals surface area contributed by atoms with Crippen LogP contribution in [0.5, 0.6) is 5.75 Å². The smallest absolute Gasteiger partial charge is 0.344 e. The van der Waals surface area contributed by atoms with E-state index in [2.05, 4.69) is 4.90 Å². The molecular formula is C21H27NO5. The van der Waals surface area contributed by atoms with Crippen molar-refractivity contribution >= 4 is 16.9 Å². The van der Waals surface area contributed by atoms with E-state index in [9.17, 15) is 9.59 Å². The third kappa shape index (κ3) is 4.89. The van der Waals surface area contributed by atoms with Gasteiger partial charge < -0.3 is 18.8 Å². The van der Waals surface area contributed by atoms with Gasteiger partial charge in [0.25, 0.3) is 0 Å². The van der Waals surface area contributed by atoms with Gasteiger partial charge in [0.05, 0.1) is 6.61 Å². The van der Waals surface area contributed by atoms with Crippen LogP contribution in [0.4, 0.5) is 0 Å². The Morgan fingerprint density at radius 1 is 1.22 bits per heavy atom. The first-order valence-corrected chi connectivity index (χ1v) is 9.65. The third-order valence-electron chi connectivity index (χ3n) is 5.05. The number of benzene rings is 1. The molecule has 0 aliphatic carbocycles. The Morgan fingerprint density at radius 3 is 2.74 bits per heavy atom. The molecule has 27 heavy (non-hydrogen) atoms. The van der Waals surface area contributed by atoms with Crippen molar-refractivity contribution in [3.05, 3.63) is 39.7 Å². The van der Waals surface area contributed by atoms with Crippen molar-refractivity contribution in [2.75, 3.05) is 32.8 Å². The summed E-state index contributed by atoms with van der Waals surface area (Å²) in [5.41, 5.74) is 1.88. The third-order valence-corrected chi connectivity index (χ3v) is 5.05. The van der Waals surface area contributed by atoms with E-state index in [1.807, 2.05) is 13.0 Å². The Kier molecular flexibility index (Phi) is 6.50. The summed E-state index contributed by atoms with van der Waals surface area (Å²) in [6.45, 7) is 6.96. The largest absolute Gasteiger partial charge is 0.482 e. The first-order valence-electron chi connectivity index (χ1n) is 9.65. The second-order valence-corrected chi connectivity index (χ2v) is 6.90. The van der Waals surface area contributed by atoms with Gasteiger partial charge in [-0.25, -0.2) is 9.59 Å². The van der Waals surface area contributed by atoms with Crippen LogP contribution in [0, 0.1) is 6.92 Å². The molecule has 1 aliphatic rings. The van der Waals surface area contributed by atoms with Crippen LogP contribution in [-0.4, -0.2) is 43.7 Å². The number of ether oxygens (including phenoxy) is 2. The molecule has 0 saturated carbocycles. The topological polar surface area (TPSA) is 69.0 Å². The van der Waals surface area contributed by atoms with E-state index in [-0.39, 0.29) is 12.2 Å². The lowest BCUT2D eigenvalue weighted by molar-refractivity contribution is -0.145. The molecule has 0 bridgehead atoms. The molecule has 1 saturated heterocycles. The molecule has 1 aromatic carbocycles. The number of carbonyl (C=O) groups excluding carboxylic acids is 1. The standard InChI is InChI=1S/C21H27NO5/c1-3-25-20(23)14-26-16-7-8-17-15(2)18(21(24)27-19(17)13-16)9-12-22-10-5-4-6-11-22/h7-8,13H,3-6,9-12,14H2,1-2H3. The Labute approximate surface area is 159 Å². The maximum Gasteiger partial charge on any atom is 0.344 e. The molecule has 3 rings (SSSR count). The number of fused-ring (bicyclic) bond motifs is 1. The van der Waals surface area contributed by atoms with Crippen molar-refractivity contribution < 1.29 is 18.7 Å². The zero-order valence-electron chi connectivity index (χ0n) is 16.1. The van der Waals surface area contributed by atoms with E-state index in [4.69, 9.17) is 13.9 Å². The summed E-state index contributed by atoms with van der Waals surface area (Å²) in [4.78, 5) is 26.3. The highest BCUT2D eigenvalue weighted by Gasteiger charge is 2.15. The van der Waals surface area contributed by atoms with Gasteiger partial charge in [0.15, 0.2) is 6.61 Å². The van der Waals surface area contributed by atoms with Crippen molar-refractivity contribution in [1.29, 1.82) is 0 Å². The predicted octanol–water partition coefficient (Wildman–Crippen LogP) is 3.07. The van der Waals surface area contributed by atoms with E-state index in [1.165, 1.54) is 19.3 Å². The van der Waals surface area contributed by atoms with Gasteiger partial charge in [0.2, 0.25) is 0 Å². The van der Waals surface area contributed by atoms with Crippen LogP contribution in [0.25, 0.3) is 11.0 Å². The minimum Gasteiger partial charge on any atom is -0.482 e. The molecule has 0 N–H and O–H groups in total. The highest BCUT2D eigenvalue weighted by atomic mass is 16.6. The fraction of sp³-hybridized carbons (Fsp3) is 0.524. The number of hydrogen-bond donors (Lipinski definition) is 0. The van der Waals surface area contributed by atoms with Crippen LogP contribution in [-0.2, 0) is 16.0 Å². The number of piperidine rings is 1. The van der Waals surface area contributed by atoms with Gasteiger partial charge in [-0.3, -0.25) is 0 Å². The summed E-state index contributed by atoms with van der Waals surface area (Å²) >= 11 is 0. The molecule has 146 valence electrons. The second kappa shape index (κ2) is 9.04. The number of aryl methyl sites for hydroxylation is 1. The van der Waals surface area contributed by atoms with Crippen LogP contribution in [0.1, 0.15) is 37.3 Å². The maximum absolute atomic E-state index is 12.5. The molecule has 2 aromatic rings. The molecule has 6 heteroatoms. The summed E-state index contributed by atoms with van der Waals surface area (Å²) in [6, 6.07) is 5.30. The maximum atomic E-state index is 12.5. The van der Waals surface area contributed by atoms with Crippen molar-refractivity contribution in [2.45, 2.75) is 39.5 Å². The lowest BCUT2D eigenvalue weighted by Crippen LogP contribution is -2.32. The number of rotatable bonds is 7. The molecule has 6 nitrogen and oxygen atoms in total. The number of carbonyl (C=O) groups is 1. The van der Waals surface area contributed by atoms with E-state index < -0.39 is 5.97 Å². The molecule has 1 fully saturated rings. The van der Waals surface area contributed by atoms with Crippen LogP contribution in [0.3, 0.4) is 0 Å². The average molecular weight is 373 g/mol. The van der Waals surface area contributed by atoms with E-state index in [0.717, 1.165) is 36.1 Å². The summed E-state index contributed by atoms with van der Waals surface area (Å²) in [5.74, 6) is 0.0439. The normalized spacial score (nSPS) is 15.0. The Morgan fingerprint density at radius 2 is 2.00 bits per heavy atom. The van der Waals surface area contributed by atoms with Crippen molar-refractivity contribution in [3.63, 3.8) is 0 Å². The molecule has 1 aliphatic heterocycles. The Bertz CT molecular complexity index is 852. The van der Waals surface area contributed by atoms with Crippen molar-refractivity contribution in [2.24, 2.45) is 0 Å². The van der Waals surface area contributed by atoms with Crippen LogP contribution in [0.2, 0.25) is 0 Å². The number of nitrogens with zero attached hydrogens (tertiary/aromatic N) is 1. The monoisotopic (exact) mass is 373 g/mol. The molecule has 1 aromatic heterocycles. The highest BCUT2D eigenvalue weighted by molar-refractivity contribution is 5.82. The Hall–Kier alpha value is -2.34. The van der Waals surface area contributed by atoms with Gasteiger partial charge in [-0.15, -0.1) is 0 Å². The van der Waals surface area contributed by atoms with Gasteiger partial charge in [0, 0.05) is 23.6 Å². The molecule has 0 amide bonds. The fourth-order valence-corrected chi connectivity index (χ4v) is 3.55. The van der Waals surface area contributed by atoms with Gasteiger partial charge in [-0.05, 0) is 63.9 Å². The van der Waals surface area contributed by atoms with Crippen LogP contribution < -0.4 is 10.4 Å². The summed E-state index contributed by atoms with van der Waals surface area (Å²) in [6.07, 6.45) is 4.47. The minimum absolute atomic E-state index is 0.170. The predicted molar refractivity (Wildman–Crippen MR) is 103 cm³/mol. The van der Waals surface area contributed by atoms with E-state index >= 15 is 0 Å². The second-order valence-electron chi connectivity index (χ2n) is 6.90. The van der Waals surface area contributed by atoms with Gasteiger partial charge >= 0.3 is 11.6 Å². The van der Waals surface area contributed by atoms with Gasteiger partial charge in [0.1, 0.15) is 11.3 Å². The zero-order chi connectivity index (χ0) is 19.2. The summed E-state index contributed by atoms with van der Waals surface area (Å²) in [5, 5.41) is 0.895. The van der Waals surface area contributed by atoms with Crippen molar-refractivity contribution in [3.8, 4) is 5.75 Å². The molecule has 0 unspecified atom stereocenters. The van der Waals surface area contributed by atoms with Gasteiger partial charge in [-0.2, -0.15) is 0 Å². The Balaban J connectivity index is 1.74. The average Bonchev–Trinajstić information content (AvgIpc) is 2.67. The zero-order valence-corrected chi connectivity index (χ0v) is 16.1. The van der Waals surface area contributed by atoms with E-state index in [0.29, 0.717) is 24.4 Å². The minimum atomic E-state index is -0.428. The molecule has 0 atom stereocenters. The molecule has 0 radical (unpaired) electrons. The highest BCUT2D eigenvalue weighted by Crippen LogP contribution is 2.24. The van der Waals surface area contributed by atoms with Crippen LogP contribution in [0.15, 0.2) is 27.4 Å². The summed E-state index contributed by atoms with van der Waals surface area (Å²) < 4.78 is 15.8.